The van der Waals surface area contributed by atoms with Crippen molar-refractivity contribution < 1.29 is 14.1 Å². The molecule has 3 rings (SSSR count). The second-order valence-corrected chi connectivity index (χ2v) is 7.79. The molecule has 1 aliphatic rings. The van der Waals surface area contributed by atoms with E-state index in [1.807, 2.05) is 37.1 Å². The minimum Gasteiger partial charge on any atom is -0.497 e. The maximum absolute atomic E-state index is 12.5. The molecular weight excluding hydrogens is 354 g/mol. The van der Waals surface area contributed by atoms with Crippen LogP contribution in [-0.4, -0.2) is 61.2 Å². The Bertz CT molecular complexity index is 757. The van der Waals surface area contributed by atoms with Gasteiger partial charge in [-0.3, -0.25) is 4.79 Å². The molecule has 0 spiro atoms. The fourth-order valence-electron chi connectivity index (χ4n) is 3.86. The highest BCUT2D eigenvalue weighted by Crippen LogP contribution is 2.19. The van der Waals surface area contributed by atoms with E-state index in [4.69, 9.17) is 9.26 Å². The van der Waals surface area contributed by atoms with Crippen molar-refractivity contribution in [2.24, 2.45) is 5.92 Å². The van der Waals surface area contributed by atoms with E-state index in [1.165, 1.54) is 18.4 Å². The summed E-state index contributed by atoms with van der Waals surface area (Å²) in [6.45, 7) is 5.91. The summed E-state index contributed by atoms with van der Waals surface area (Å²) in [6, 6.07) is 10.1. The summed E-state index contributed by atoms with van der Waals surface area (Å²) < 4.78 is 10.4. The van der Waals surface area contributed by atoms with Crippen molar-refractivity contribution in [3.63, 3.8) is 0 Å². The van der Waals surface area contributed by atoms with E-state index in [0.717, 1.165) is 44.0 Å². The number of aromatic nitrogens is 1. The number of piperidine rings is 1. The summed E-state index contributed by atoms with van der Waals surface area (Å²) in [5, 5.41) is 3.85. The molecule has 1 aromatic carbocycles. The lowest BCUT2D eigenvalue weighted by molar-refractivity contribution is -0.130. The highest BCUT2D eigenvalue weighted by molar-refractivity contribution is 5.77. The molecule has 1 aliphatic heterocycles. The topological polar surface area (TPSA) is 58.8 Å². The number of carbonyl (C=O) groups excluding carboxylic acids is 1. The lowest BCUT2D eigenvalue weighted by atomic mass is 9.97. The standard InChI is InChI=1S/C22H31N3O3/c1-17-13-21(28-23-17)14-22(26)24(2)15-19-5-4-11-25(16-19)12-10-18-6-8-20(27-3)9-7-18/h6-9,13,19H,4-5,10-12,14-16H2,1-3H3/t19-/m1/s1. The van der Waals surface area contributed by atoms with Gasteiger partial charge >= 0.3 is 0 Å². The van der Waals surface area contributed by atoms with Crippen molar-refractivity contribution >= 4 is 5.91 Å². The van der Waals surface area contributed by atoms with Crippen molar-refractivity contribution in [3.05, 3.63) is 47.3 Å². The Morgan fingerprint density at radius 1 is 1.36 bits per heavy atom. The van der Waals surface area contributed by atoms with Gasteiger partial charge in [0.05, 0.1) is 19.2 Å². The third-order valence-corrected chi connectivity index (χ3v) is 5.44. The molecule has 1 saturated heterocycles. The molecule has 1 aromatic heterocycles. The smallest absolute Gasteiger partial charge is 0.230 e. The molecule has 0 aliphatic carbocycles. The predicted molar refractivity (Wildman–Crippen MR) is 108 cm³/mol. The molecule has 1 fully saturated rings. The molecule has 152 valence electrons. The maximum atomic E-state index is 12.5. The second kappa shape index (κ2) is 9.73. The zero-order valence-corrected chi connectivity index (χ0v) is 17.2. The van der Waals surface area contributed by atoms with Gasteiger partial charge in [-0.15, -0.1) is 0 Å². The third-order valence-electron chi connectivity index (χ3n) is 5.44. The highest BCUT2D eigenvalue weighted by atomic mass is 16.5. The quantitative estimate of drug-likeness (QED) is 0.699. The Morgan fingerprint density at radius 2 is 2.14 bits per heavy atom. The van der Waals surface area contributed by atoms with E-state index in [1.54, 1.807) is 7.11 Å². The number of nitrogens with zero attached hydrogens (tertiary/aromatic N) is 3. The predicted octanol–water partition coefficient (Wildman–Crippen LogP) is 2.95. The first kappa shape index (κ1) is 20.4. The third kappa shape index (κ3) is 5.83. The summed E-state index contributed by atoms with van der Waals surface area (Å²) in [5.41, 5.74) is 2.14. The SMILES string of the molecule is COc1ccc(CCN2CCC[C@H](CN(C)C(=O)Cc3cc(C)no3)C2)cc1. The van der Waals surface area contributed by atoms with Crippen molar-refractivity contribution in [1.29, 1.82) is 0 Å². The second-order valence-electron chi connectivity index (χ2n) is 7.79. The number of hydrogen-bond acceptors (Lipinski definition) is 5. The average molecular weight is 386 g/mol. The Balaban J connectivity index is 1.43. The molecular formula is C22H31N3O3. The van der Waals surface area contributed by atoms with Crippen LogP contribution < -0.4 is 4.74 Å². The number of likely N-dealkylation sites (tertiary alicyclic amines) is 1. The van der Waals surface area contributed by atoms with E-state index in [-0.39, 0.29) is 12.3 Å². The molecule has 28 heavy (non-hydrogen) atoms. The number of methoxy groups -OCH3 is 1. The van der Waals surface area contributed by atoms with Crippen LogP contribution in [-0.2, 0) is 17.6 Å². The molecule has 1 atom stereocenters. The fourth-order valence-corrected chi connectivity index (χ4v) is 3.86. The van der Waals surface area contributed by atoms with Crippen LogP contribution in [0.25, 0.3) is 0 Å². The first-order chi connectivity index (χ1) is 13.5. The van der Waals surface area contributed by atoms with Gasteiger partial charge in [-0.05, 0) is 56.3 Å². The van der Waals surface area contributed by atoms with Crippen LogP contribution in [0.3, 0.4) is 0 Å². The minimum atomic E-state index is 0.0894. The van der Waals surface area contributed by atoms with E-state index in [9.17, 15) is 4.79 Å². The van der Waals surface area contributed by atoms with Gasteiger partial charge in [0.1, 0.15) is 11.5 Å². The van der Waals surface area contributed by atoms with E-state index >= 15 is 0 Å². The van der Waals surface area contributed by atoms with E-state index < -0.39 is 0 Å². The molecule has 0 N–H and O–H groups in total. The van der Waals surface area contributed by atoms with Crippen molar-refractivity contribution in [3.8, 4) is 5.75 Å². The van der Waals surface area contributed by atoms with Gasteiger partial charge in [-0.2, -0.15) is 0 Å². The van der Waals surface area contributed by atoms with Crippen molar-refractivity contribution in [2.45, 2.75) is 32.6 Å². The van der Waals surface area contributed by atoms with E-state index in [0.29, 0.717) is 11.7 Å². The summed E-state index contributed by atoms with van der Waals surface area (Å²) >= 11 is 0. The molecule has 6 nitrogen and oxygen atoms in total. The van der Waals surface area contributed by atoms with Crippen LogP contribution >= 0.6 is 0 Å². The van der Waals surface area contributed by atoms with Crippen LogP contribution in [0.2, 0.25) is 0 Å². The van der Waals surface area contributed by atoms with Crippen molar-refractivity contribution in [1.82, 2.24) is 15.0 Å². The zero-order valence-electron chi connectivity index (χ0n) is 17.2. The molecule has 0 unspecified atom stereocenters. The Morgan fingerprint density at radius 3 is 2.82 bits per heavy atom. The fraction of sp³-hybridized carbons (Fsp3) is 0.545. The Kier molecular flexibility index (Phi) is 7.09. The molecule has 0 saturated carbocycles. The monoisotopic (exact) mass is 385 g/mol. The molecule has 2 heterocycles. The molecule has 0 radical (unpaired) electrons. The number of carbonyl (C=O) groups is 1. The van der Waals surface area contributed by atoms with Gasteiger partial charge in [-0.1, -0.05) is 17.3 Å². The van der Waals surface area contributed by atoms with Crippen molar-refractivity contribution in [2.75, 3.05) is 40.3 Å². The number of likely N-dealkylation sites (N-methyl/N-ethyl adjacent to an activating group) is 1. The van der Waals surface area contributed by atoms with Crippen LogP contribution in [0.15, 0.2) is 34.9 Å². The lowest BCUT2D eigenvalue weighted by Crippen LogP contribution is -2.42. The summed E-state index contributed by atoms with van der Waals surface area (Å²) in [5.74, 6) is 2.15. The summed E-state index contributed by atoms with van der Waals surface area (Å²) in [6.07, 6.45) is 3.69. The number of rotatable bonds is 8. The van der Waals surface area contributed by atoms with Crippen LogP contribution in [0.4, 0.5) is 0 Å². The number of ether oxygens (including phenoxy) is 1. The van der Waals surface area contributed by atoms with Crippen LogP contribution in [0, 0.1) is 12.8 Å². The van der Waals surface area contributed by atoms with Gasteiger partial charge in [0.15, 0.2) is 0 Å². The Hall–Kier alpha value is -2.34. The van der Waals surface area contributed by atoms with Crippen LogP contribution in [0.5, 0.6) is 5.75 Å². The largest absolute Gasteiger partial charge is 0.497 e. The number of aryl methyl sites for hydroxylation is 1. The maximum Gasteiger partial charge on any atom is 0.230 e. The highest BCUT2D eigenvalue weighted by Gasteiger charge is 2.23. The Labute approximate surface area is 167 Å². The first-order valence-electron chi connectivity index (χ1n) is 10.0. The number of hydrogen-bond donors (Lipinski definition) is 0. The first-order valence-corrected chi connectivity index (χ1v) is 10.0. The summed E-state index contributed by atoms with van der Waals surface area (Å²) in [4.78, 5) is 16.8. The van der Waals surface area contributed by atoms with Gasteiger partial charge in [0.25, 0.3) is 0 Å². The van der Waals surface area contributed by atoms with Gasteiger partial charge in [0.2, 0.25) is 5.91 Å². The molecule has 2 aromatic rings. The van der Waals surface area contributed by atoms with Gasteiger partial charge in [0, 0.05) is 32.7 Å². The summed E-state index contributed by atoms with van der Waals surface area (Å²) in [7, 11) is 3.58. The molecule has 1 amide bonds. The van der Waals surface area contributed by atoms with Crippen LogP contribution in [0.1, 0.15) is 29.9 Å². The number of amides is 1. The minimum absolute atomic E-state index is 0.0894. The average Bonchev–Trinajstić information content (AvgIpc) is 3.11. The molecule has 6 heteroatoms. The zero-order chi connectivity index (χ0) is 19.9. The van der Waals surface area contributed by atoms with E-state index in [2.05, 4.69) is 22.2 Å². The van der Waals surface area contributed by atoms with Gasteiger partial charge in [-0.25, -0.2) is 0 Å². The molecule has 0 bridgehead atoms. The van der Waals surface area contributed by atoms with Gasteiger partial charge < -0.3 is 19.1 Å². The number of benzene rings is 1. The normalized spacial score (nSPS) is 17.5. The lowest BCUT2D eigenvalue weighted by Gasteiger charge is -2.34.